The van der Waals surface area contributed by atoms with Gasteiger partial charge in [-0.15, -0.1) is 0 Å². The Labute approximate surface area is 125 Å². The third-order valence-electron chi connectivity index (χ3n) is 3.49. The number of nitrogens with zero attached hydrogens (tertiary/aromatic N) is 1. The van der Waals surface area contributed by atoms with Gasteiger partial charge in [0.15, 0.2) is 0 Å². The number of halogens is 1. The maximum Gasteiger partial charge on any atom is 0.117 e. The second kappa shape index (κ2) is 6.40. The van der Waals surface area contributed by atoms with E-state index in [1.54, 1.807) is 0 Å². The largest absolute Gasteiger partial charge is 0.380 e. The van der Waals surface area contributed by atoms with Crippen LogP contribution in [0.2, 0.25) is 5.02 Å². The molecule has 2 aromatic carbocycles. The molecule has 0 aliphatic rings. The van der Waals surface area contributed by atoms with Gasteiger partial charge in [-0.05, 0) is 32.1 Å². The predicted molar refractivity (Wildman–Crippen MR) is 84.1 cm³/mol. The van der Waals surface area contributed by atoms with Gasteiger partial charge in [0.25, 0.3) is 0 Å². The first-order valence-corrected chi connectivity index (χ1v) is 7.09. The summed E-state index contributed by atoms with van der Waals surface area (Å²) in [6.45, 7) is 0.774. The highest BCUT2D eigenvalue weighted by molar-refractivity contribution is 6.31. The molecule has 0 amide bonds. The minimum atomic E-state index is -1.07. The Morgan fingerprint density at radius 3 is 2.20 bits per heavy atom. The standard InChI is InChI=1S/C17H20ClNO/c1-19(2)13-12-17(20,14-8-4-3-5-9-14)15-10-6-7-11-16(15)18/h3-11,20H,12-13H2,1-2H3/i3+1,4+1,5+1,8+1,9+1,14+1. The highest BCUT2D eigenvalue weighted by Crippen LogP contribution is 2.36. The Balaban J connectivity index is 2.47. The lowest BCUT2D eigenvalue weighted by Crippen LogP contribution is -2.32. The lowest BCUT2D eigenvalue weighted by molar-refractivity contribution is 0.0630. The van der Waals surface area contributed by atoms with Crippen molar-refractivity contribution in [2.75, 3.05) is 20.6 Å². The van der Waals surface area contributed by atoms with Gasteiger partial charge in [-0.2, -0.15) is 0 Å². The Bertz CT molecular complexity index is 556. The lowest BCUT2D eigenvalue weighted by Gasteiger charge is -2.31. The highest BCUT2D eigenvalue weighted by Gasteiger charge is 2.32. The summed E-state index contributed by atoms with van der Waals surface area (Å²) in [7, 11) is 4.00. The van der Waals surface area contributed by atoms with E-state index in [9.17, 15) is 5.11 Å². The van der Waals surface area contributed by atoms with E-state index in [0.29, 0.717) is 11.4 Å². The van der Waals surface area contributed by atoms with E-state index in [0.717, 1.165) is 17.7 Å². The summed E-state index contributed by atoms with van der Waals surface area (Å²) in [6, 6.07) is 17.2. The Morgan fingerprint density at radius 1 is 1.00 bits per heavy atom. The quantitative estimate of drug-likeness (QED) is 0.912. The van der Waals surface area contributed by atoms with Crippen molar-refractivity contribution in [3.8, 4) is 0 Å². The zero-order chi connectivity index (χ0) is 14.6. The van der Waals surface area contributed by atoms with Crippen molar-refractivity contribution in [2.24, 2.45) is 0 Å². The van der Waals surface area contributed by atoms with Crippen LogP contribution in [0.3, 0.4) is 0 Å². The van der Waals surface area contributed by atoms with Crippen LogP contribution in [0.5, 0.6) is 0 Å². The van der Waals surface area contributed by atoms with Crippen molar-refractivity contribution in [3.63, 3.8) is 0 Å². The van der Waals surface area contributed by atoms with Crippen LogP contribution >= 0.6 is 11.6 Å². The lowest BCUT2D eigenvalue weighted by atomic mass is 9.95. The van der Waals surface area contributed by atoms with Gasteiger partial charge in [-0.25, -0.2) is 0 Å². The first-order chi connectivity index (χ1) is 9.54. The highest BCUT2D eigenvalue weighted by atomic mass is 35.5. The number of benzene rings is 2. The molecule has 0 saturated carbocycles. The molecular weight excluding hydrogens is 276 g/mol. The maximum atomic E-state index is 11.3. The molecule has 0 aliphatic heterocycles. The summed E-state index contributed by atoms with van der Waals surface area (Å²) in [5.74, 6) is 0. The van der Waals surface area contributed by atoms with Crippen molar-refractivity contribution < 1.29 is 5.11 Å². The minimum Gasteiger partial charge on any atom is -0.380 e. The van der Waals surface area contributed by atoms with Crippen LogP contribution in [0.1, 0.15) is 17.5 Å². The topological polar surface area (TPSA) is 23.5 Å². The monoisotopic (exact) mass is 295 g/mol. The van der Waals surface area contributed by atoms with E-state index in [4.69, 9.17) is 11.6 Å². The second-order valence-corrected chi connectivity index (χ2v) is 5.67. The molecule has 0 heterocycles. The predicted octanol–water partition coefficient (Wildman–Crippen LogP) is 3.53. The Hall–Kier alpha value is -1.35. The van der Waals surface area contributed by atoms with E-state index in [1.807, 2.05) is 68.7 Å². The van der Waals surface area contributed by atoms with Crippen LogP contribution in [0.4, 0.5) is 0 Å². The third kappa shape index (κ3) is 3.21. The normalized spacial score (nSPS) is 14.2. The number of rotatable bonds is 5. The summed E-state index contributed by atoms with van der Waals surface area (Å²) in [5, 5.41) is 11.9. The van der Waals surface area contributed by atoms with Gasteiger partial charge in [0.1, 0.15) is 5.60 Å². The van der Waals surface area contributed by atoms with Crippen molar-refractivity contribution in [2.45, 2.75) is 12.0 Å². The fraction of sp³-hybridized carbons (Fsp3) is 0.294. The summed E-state index contributed by atoms with van der Waals surface area (Å²) < 4.78 is 0. The van der Waals surface area contributed by atoms with Gasteiger partial charge in [0, 0.05) is 17.1 Å². The number of aliphatic hydroxyl groups is 1. The average molecular weight is 296 g/mol. The van der Waals surface area contributed by atoms with Crippen LogP contribution in [-0.2, 0) is 5.60 Å². The first kappa shape index (κ1) is 15.0. The molecular formula is C17H20ClNO. The molecule has 0 spiro atoms. The van der Waals surface area contributed by atoms with E-state index in [-0.39, 0.29) is 0 Å². The molecule has 0 radical (unpaired) electrons. The molecule has 0 fully saturated rings. The van der Waals surface area contributed by atoms with Crippen molar-refractivity contribution in [1.82, 2.24) is 4.90 Å². The molecule has 2 aromatic rings. The fourth-order valence-corrected chi connectivity index (χ4v) is 2.62. The van der Waals surface area contributed by atoms with E-state index >= 15 is 0 Å². The summed E-state index contributed by atoms with van der Waals surface area (Å²) in [5.41, 5.74) is 0.564. The van der Waals surface area contributed by atoms with E-state index < -0.39 is 5.60 Å². The fourth-order valence-electron chi connectivity index (χ4n) is 2.33. The molecule has 2 nitrogen and oxygen atoms in total. The molecule has 0 aromatic heterocycles. The average Bonchev–Trinajstić information content (AvgIpc) is 2.46. The number of hydrogen-bond donors (Lipinski definition) is 1. The SMILES string of the molecule is CN(C)CCC(O)(c1ccccc1Cl)[13c]1[13cH][13cH][13cH][13cH][13cH]1. The smallest absolute Gasteiger partial charge is 0.117 e. The van der Waals surface area contributed by atoms with Gasteiger partial charge in [0.2, 0.25) is 0 Å². The third-order valence-corrected chi connectivity index (χ3v) is 3.82. The van der Waals surface area contributed by atoms with Gasteiger partial charge in [-0.1, -0.05) is 60.1 Å². The molecule has 3 heteroatoms. The van der Waals surface area contributed by atoms with E-state index in [2.05, 4.69) is 4.90 Å². The number of hydrogen-bond acceptors (Lipinski definition) is 2. The molecule has 1 N–H and O–H groups in total. The minimum absolute atomic E-state index is 0.591. The van der Waals surface area contributed by atoms with Gasteiger partial charge < -0.3 is 10.0 Å². The van der Waals surface area contributed by atoms with Crippen molar-refractivity contribution in [3.05, 3.63) is 70.7 Å². The van der Waals surface area contributed by atoms with Gasteiger partial charge in [-0.3, -0.25) is 0 Å². The molecule has 0 aliphatic carbocycles. The first-order valence-electron chi connectivity index (χ1n) is 6.71. The van der Waals surface area contributed by atoms with Crippen molar-refractivity contribution >= 4 is 11.6 Å². The zero-order valence-electron chi connectivity index (χ0n) is 11.9. The molecule has 106 valence electrons. The summed E-state index contributed by atoms with van der Waals surface area (Å²) in [4.78, 5) is 2.06. The summed E-state index contributed by atoms with van der Waals surface area (Å²) in [6.07, 6.45) is 0.591. The maximum absolute atomic E-state index is 11.3. The van der Waals surface area contributed by atoms with Gasteiger partial charge in [0.05, 0.1) is 0 Å². The Kier molecular flexibility index (Phi) is 4.81. The van der Waals surface area contributed by atoms with Crippen molar-refractivity contribution in [1.29, 1.82) is 0 Å². The molecule has 1 unspecified atom stereocenters. The molecule has 2 rings (SSSR count). The molecule has 0 saturated heterocycles. The van der Waals surface area contributed by atoms with E-state index in [1.165, 1.54) is 0 Å². The second-order valence-electron chi connectivity index (χ2n) is 5.26. The van der Waals surface area contributed by atoms with Crippen LogP contribution in [0.25, 0.3) is 0 Å². The molecule has 20 heavy (non-hydrogen) atoms. The zero-order valence-corrected chi connectivity index (χ0v) is 12.6. The Morgan fingerprint density at radius 2 is 1.60 bits per heavy atom. The van der Waals surface area contributed by atoms with Crippen LogP contribution < -0.4 is 0 Å². The van der Waals surface area contributed by atoms with Crippen LogP contribution in [0, 0.1) is 0 Å². The summed E-state index contributed by atoms with van der Waals surface area (Å²) >= 11 is 6.30. The molecule has 0 bridgehead atoms. The van der Waals surface area contributed by atoms with Crippen LogP contribution in [-0.4, -0.2) is 30.6 Å². The molecule has 1 atom stereocenters. The van der Waals surface area contributed by atoms with Crippen LogP contribution in [0.15, 0.2) is 54.6 Å². The van der Waals surface area contributed by atoms with Gasteiger partial charge >= 0.3 is 0 Å².